The fourth-order valence-corrected chi connectivity index (χ4v) is 2.97. The van der Waals surface area contributed by atoms with Gasteiger partial charge in [-0.15, -0.1) is 0 Å². The third kappa shape index (κ3) is 10.6. The Bertz CT molecular complexity index is 679. The second-order valence-corrected chi connectivity index (χ2v) is 9.03. The third-order valence-corrected chi connectivity index (χ3v) is 4.82. The Balaban J connectivity index is 5.34. The fraction of sp³-hybridized carbons (Fsp3) is 0.762. The van der Waals surface area contributed by atoms with Gasteiger partial charge in [0.1, 0.15) is 18.1 Å². The minimum Gasteiger partial charge on any atom is -0.481 e. The van der Waals surface area contributed by atoms with E-state index in [1.807, 2.05) is 13.8 Å². The Morgan fingerprint density at radius 2 is 1.19 bits per heavy atom. The van der Waals surface area contributed by atoms with Gasteiger partial charge in [0.25, 0.3) is 0 Å². The minimum atomic E-state index is -1.41. The van der Waals surface area contributed by atoms with Gasteiger partial charge in [-0.05, 0) is 30.6 Å². The van der Waals surface area contributed by atoms with Crippen molar-refractivity contribution >= 4 is 29.7 Å². The fourth-order valence-electron chi connectivity index (χ4n) is 2.97. The molecule has 0 bridgehead atoms. The third-order valence-electron chi connectivity index (χ3n) is 4.82. The summed E-state index contributed by atoms with van der Waals surface area (Å²) in [4.78, 5) is 60.0. The van der Waals surface area contributed by atoms with Crippen LogP contribution in [0.15, 0.2) is 0 Å². The largest absolute Gasteiger partial charge is 0.481 e. The van der Waals surface area contributed by atoms with Crippen molar-refractivity contribution in [1.29, 1.82) is 0 Å². The zero-order chi connectivity index (χ0) is 25.2. The van der Waals surface area contributed by atoms with E-state index in [-0.39, 0.29) is 18.3 Å². The first kappa shape index (κ1) is 29.3. The number of hydrogen-bond donors (Lipinski definition) is 6. The van der Waals surface area contributed by atoms with Crippen molar-refractivity contribution in [3.8, 4) is 0 Å². The van der Waals surface area contributed by atoms with Crippen LogP contribution in [0.25, 0.3) is 0 Å². The zero-order valence-corrected chi connectivity index (χ0v) is 19.7. The molecule has 4 unspecified atom stereocenters. The molecule has 0 heterocycles. The molecule has 0 aromatic rings. The first-order valence-electron chi connectivity index (χ1n) is 10.8. The van der Waals surface area contributed by atoms with E-state index >= 15 is 0 Å². The van der Waals surface area contributed by atoms with Crippen molar-refractivity contribution < 1.29 is 34.2 Å². The van der Waals surface area contributed by atoms with Crippen LogP contribution in [0.5, 0.6) is 0 Å². The number of hydrogen-bond acceptors (Lipinski definition) is 6. The number of carboxylic acid groups (broad SMARTS) is 2. The number of nitrogens with two attached hydrogens (primary N) is 1. The highest BCUT2D eigenvalue weighted by atomic mass is 16.4. The number of amides is 3. The summed E-state index contributed by atoms with van der Waals surface area (Å²) in [7, 11) is 0. The second-order valence-electron chi connectivity index (χ2n) is 9.03. The summed E-state index contributed by atoms with van der Waals surface area (Å²) < 4.78 is 0. The van der Waals surface area contributed by atoms with Gasteiger partial charge in [0, 0.05) is 6.42 Å². The molecule has 0 rings (SSSR count). The maximum Gasteiger partial charge on any atom is 0.326 e. The smallest absolute Gasteiger partial charge is 0.326 e. The standard InChI is InChI=1S/C21H38N4O7/c1-10(2)9-13(22)18(28)24-17(12(5)6)20(30)25-16(11(3)4)19(29)23-14(21(31)32)7-8-15(26)27/h10-14,16-17H,7-9,22H2,1-6H3,(H,23,29)(H,24,28)(H,25,30)(H,26,27)(H,31,32). The number of rotatable bonds is 14. The maximum atomic E-state index is 12.9. The molecular formula is C21H38N4O7. The van der Waals surface area contributed by atoms with Crippen LogP contribution in [0.4, 0.5) is 0 Å². The summed E-state index contributed by atoms with van der Waals surface area (Å²) in [5.41, 5.74) is 5.89. The average molecular weight is 459 g/mol. The summed E-state index contributed by atoms with van der Waals surface area (Å²) in [6.45, 7) is 10.6. The molecule has 0 aromatic carbocycles. The van der Waals surface area contributed by atoms with Crippen LogP contribution in [0, 0.1) is 17.8 Å². The Morgan fingerprint density at radius 3 is 1.56 bits per heavy atom. The number of nitrogens with one attached hydrogen (secondary N) is 3. The molecule has 0 saturated heterocycles. The molecule has 4 atom stereocenters. The van der Waals surface area contributed by atoms with Crippen LogP contribution < -0.4 is 21.7 Å². The monoisotopic (exact) mass is 458 g/mol. The molecule has 0 aliphatic carbocycles. The highest BCUT2D eigenvalue weighted by Crippen LogP contribution is 2.09. The van der Waals surface area contributed by atoms with E-state index in [9.17, 15) is 29.1 Å². The number of aliphatic carboxylic acids is 2. The van der Waals surface area contributed by atoms with E-state index in [1.54, 1.807) is 27.7 Å². The summed E-state index contributed by atoms with van der Waals surface area (Å²) in [6, 6.07) is -4.22. The van der Waals surface area contributed by atoms with E-state index in [1.165, 1.54) is 0 Å². The Kier molecular flexibility index (Phi) is 12.5. The molecule has 32 heavy (non-hydrogen) atoms. The molecule has 0 radical (unpaired) electrons. The van der Waals surface area contributed by atoms with Crippen molar-refractivity contribution in [3.05, 3.63) is 0 Å². The molecule has 184 valence electrons. The topological polar surface area (TPSA) is 188 Å². The molecule has 0 aliphatic heterocycles. The van der Waals surface area contributed by atoms with Crippen LogP contribution in [0.2, 0.25) is 0 Å². The highest BCUT2D eigenvalue weighted by Gasteiger charge is 2.33. The Hall–Kier alpha value is -2.69. The lowest BCUT2D eigenvalue weighted by atomic mass is 9.98. The molecule has 3 amide bonds. The lowest BCUT2D eigenvalue weighted by molar-refractivity contribution is -0.143. The van der Waals surface area contributed by atoms with Gasteiger partial charge in [-0.25, -0.2) is 4.79 Å². The lowest BCUT2D eigenvalue weighted by Gasteiger charge is -2.28. The summed E-state index contributed by atoms with van der Waals surface area (Å²) in [6.07, 6.45) is -0.288. The molecule has 0 aliphatic rings. The first-order chi connectivity index (χ1) is 14.7. The van der Waals surface area contributed by atoms with Crippen molar-refractivity contribution in [2.24, 2.45) is 23.5 Å². The minimum absolute atomic E-state index is 0.194. The molecular weight excluding hydrogens is 420 g/mol. The molecule has 0 aromatic heterocycles. The average Bonchev–Trinajstić information content (AvgIpc) is 2.65. The summed E-state index contributed by atoms with van der Waals surface area (Å²) in [5.74, 6) is -4.90. The SMILES string of the molecule is CC(C)CC(N)C(=O)NC(C(=O)NC(C(=O)NC(CCC(=O)O)C(=O)O)C(C)C)C(C)C. The molecule has 0 saturated carbocycles. The van der Waals surface area contributed by atoms with E-state index in [2.05, 4.69) is 16.0 Å². The number of carbonyl (C=O) groups excluding carboxylic acids is 3. The maximum absolute atomic E-state index is 12.9. The van der Waals surface area contributed by atoms with Crippen LogP contribution >= 0.6 is 0 Å². The van der Waals surface area contributed by atoms with Gasteiger partial charge in [-0.2, -0.15) is 0 Å². The first-order valence-corrected chi connectivity index (χ1v) is 10.8. The molecule has 0 fully saturated rings. The van der Waals surface area contributed by atoms with Crippen LogP contribution in [0.3, 0.4) is 0 Å². The second kappa shape index (κ2) is 13.7. The van der Waals surface area contributed by atoms with Crippen LogP contribution in [-0.4, -0.2) is 64.0 Å². The Morgan fingerprint density at radius 1 is 0.750 bits per heavy atom. The van der Waals surface area contributed by atoms with Crippen molar-refractivity contribution in [2.45, 2.75) is 85.0 Å². The Labute approximate surface area is 188 Å². The quantitative estimate of drug-likeness (QED) is 0.211. The van der Waals surface area contributed by atoms with E-state index in [4.69, 9.17) is 10.8 Å². The highest BCUT2D eigenvalue weighted by molar-refractivity contribution is 5.94. The van der Waals surface area contributed by atoms with E-state index in [0.717, 1.165) is 0 Å². The zero-order valence-electron chi connectivity index (χ0n) is 19.7. The molecule has 0 spiro atoms. The number of carbonyl (C=O) groups is 5. The summed E-state index contributed by atoms with van der Waals surface area (Å²) in [5, 5.41) is 25.5. The van der Waals surface area contributed by atoms with Gasteiger partial charge in [0.15, 0.2) is 0 Å². The van der Waals surface area contributed by atoms with Gasteiger partial charge in [-0.3, -0.25) is 19.2 Å². The van der Waals surface area contributed by atoms with Gasteiger partial charge in [0.2, 0.25) is 17.7 Å². The predicted molar refractivity (Wildman–Crippen MR) is 117 cm³/mol. The summed E-state index contributed by atoms with van der Waals surface area (Å²) >= 11 is 0. The van der Waals surface area contributed by atoms with E-state index < -0.39 is 66.2 Å². The lowest BCUT2D eigenvalue weighted by Crippen LogP contribution is -2.59. The van der Waals surface area contributed by atoms with Crippen LogP contribution in [0.1, 0.15) is 60.8 Å². The van der Waals surface area contributed by atoms with E-state index in [0.29, 0.717) is 6.42 Å². The van der Waals surface area contributed by atoms with Gasteiger partial charge < -0.3 is 31.9 Å². The molecule has 11 heteroatoms. The van der Waals surface area contributed by atoms with Gasteiger partial charge >= 0.3 is 11.9 Å². The molecule has 7 N–H and O–H groups in total. The van der Waals surface area contributed by atoms with Crippen molar-refractivity contribution in [1.82, 2.24) is 16.0 Å². The normalized spacial score (nSPS) is 15.1. The van der Waals surface area contributed by atoms with Crippen molar-refractivity contribution in [2.75, 3.05) is 0 Å². The predicted octanol–water partition coefficient (Wildman–Crippen LogP) is 0.0756. The van der Waals surface area contributed by atoms with Crippen molar-refractivity contribution in [3.63, 3.8) is 0 Å². The van der Waals surface area contributed by atoms with Gasteiger partial charge in [-0.1, -0.05) is 41.5 Å². The number of carboxylic acids is 2. The van der Waals surface area contributed by atoms with Crippen LogP contribution in [-0.2, 0) is 24.0 Å². The molecule has 11 nitrogen and oxygen atoms in total. The van der Waals surface area contributed by atoms with Gasteiger partial charge in [0.05, 0.1) is 6.04 Å².